The molecule has 1 aliphatic rings. The van der Waals surface area contributed by atoms with Crippen LogP contribution in [0.1, 0.15) is 31.1 Å². The molecule has 30 heavy (non-hydrogen) atoms. The van der Waals surface area contributed by atoms with E-state index in [-0.39, 0.29) is 16.4 Å². The summed E-state index contributed by atoms with van der Waals surface area (Å²) in [7, 11) is 0. The summed E-state index contributed by atoms with van der Waals surface area (Å²) in [6.45, 7) is 2.31. The summed E-state index contributed by atoms with van der Waals surface area (Å²) >= 11 is 4.98. The summed E-state index contributed by atoms with van der Waals surface area (Å²) in [4.78, 5) is 0. The first-order chi connectivity index (χ1) is 14.5. The number of benzene rings is 3. The number of fused-ring (bicyclic) bond motifs is 3. The molecule has 5 heteroatoms. The molecule has 1 aromatic heterocycles. The molecular formula is C25H23N3OS. The first kappa shape index (κ1) is 18.8. The fraction of sp³-hybridized carbons (Fsp3) is 0.200. The van der Waals surface area contributed by atoms with Crippen molar-refractivity contribution in [2.24, 2.45) is 16.8 Å². The Hall–Kier alpha value is -3.18. The summed E-state index contributed by atoms with van der Waals surface area (Å²) in [6, 6.07) is 25.2. The largest absolute Gasteiger partial charge is 0.455 e. The molecule has 1 fully saturated rings. The number of hydrogen-bond acceptors (Lipinski definition) is 3. The molecule has 4 aromatic rings. The number of nitrogens with two attached hydrogens (primary N) is 1. The molecule has 0 radical (unpaired) electrons. The summed E-state index contributed by atoms with van der Waals surface area (Å²) in [5.41, 5.74) is 11.7. The van der Waals surface area contributed by atoms with Crippen molar-refractivity contribution in [1.29, 1.82) is 0 Å². The van der Waals surface area contributed by atoms with Crippen LogP contribution in [0.3, 0.4) is 0 Å². The minimum absolute atomic E-state index is 0.134. The Labute approximate surface area is 180 Å². The normalized spacial score (nSPS) is 21.5. The van der Waals surface area contributed by atoms with Crippen LogP contribution in [-0.4, -0.2) is 10.8 Å². The minimum Gasteiger partial charge on any atom is -0.455 e. The van der Waals surface area contributed by atoms with Gasteiger partial charge in [-0.25, -0.2) is 0 Å². The predicted molar refractivity (Wildman–Crippen MR) is 127 cm³/mol. The van der Waals surface area contributed by atoms with Gasteiger partial charge in [-0.15, -0.1) is 0 Å². The standard InChI is InChI=1S/C25H23N3OS/c1-25(18-8-3-2-4-9-18)14-17(15-25)23(27-28-24(26)30)22-13-20-19-10-6-5-7-16(19)11-12-21(20)29-22/h2-13,17H,14-15H2,1H3,(H3,26,28,30). The van der Waals surface area contributed by atoms with E-state index in [1.54, 1.807) is 0 Å². The lowest BCUT2D eigenvalue weighted by atomic mass is 9.58. The lowest BCUT2D eigenvalue weighted by Crippen LogP contribution is -2.43. The van der Waals surface area contributed by atoms with Crippen LogP contribution in [0.4, 0.5) is 0 Å². The molecule has 1 heterocycles. The van der Waals surface area contributed by atoms with Crippen LogP contribution >= 0.6 is 12.2 Å². The monoisotopic (exact) mass is 413 g/mol. The average Bonchev–Trinajstić information content (AvgIpc) is 3.17. The van der Waals surface area contributed by atoms with Gasteiger partial charge in [0.25, 0.3) is 0 Å². The van der Waals surface area contributed by atoms with Crippen molar-refractivity contribution in [3.05, 3.63) is 84.1 Å². The van der Waals surface area contributed by atoms with Gasteiger partial charge < -0.3 is 10.2 Å². The number of thiocarbonyl (C=S) groups is 1. The highest BCUT2D eigenvalue weighted by atomic mass is 32.1. The van der Waals surface area contributed by atoms with Gasteiger partial charge in [0.2, 0.25) is 0 Å². The van der Waals surface area contributed by atoms with Crippen LogP contribution in [0.25, 0.3) is 21.7 Å². The van der Waals surface area contributed by atoms with Gasteiger partial charge in [-0.05, 0) is 58.9 Å². The first-order valence-electron chi connectivity index (χ1n) is 10.1. The molecule has 0 unspecified atom stereocenters. The van der Waals surface area contributed by atoms with E-state index < -0.39 is 0 Å². The van der Waals surface area contributed by atoms with Gasteiger partial charge in [-0.1, -0.05) is 67.6 Å². The van der Waals surface area contributed by atoms with Crippen molar-refractivity contribution in [2.75, 3.05) is 0 Å². The predicted octanol–water partition coefficient (Wildman–Crippen LogP) is 5.49. The molecule has 150 valence electrons. The Bertz CT molecular complexity index is 1270. The lowest BCUT2D eigenvalue weighted by molar-refractivity contribution is 0.216. The van der Waals surface area contributed by atoms with Crippen molar-refractivity contribution in [3.8, 4) is 0 Å². The third-order valence-electron chi connectivity index (χ3n) is 6.22. The molecule has 0 saturated heterocycles. The molecule has 0 spiro atoms. The number of furan rings is 1. The van der Waals surface area contributed by atoms with Crippen molar-refractivity contribution >= 4 is 44.8 Å². The number of nitrogens with one attached hydrogen (secondary N) is 1. The highest BCUT2D eigenvalue weighted by Crippen LogP contribution is 2.49. The lowest BCUT2D eigenvalue weighted by Gasteiger charge is -2.45. The summed E-state index contributed by atoms with van der Waals surface area (Å²) < 4.78 is 6.25. The van der Waals surface area contributed by atoms with Gasteiger partial charge in [-0.2, -0.15) is 5.10 Å². The average molecular weight is 414 g/mol. The maximum Gasteiger partial charge on any atom is 0.184 e. The molecule has 3 N–H and O–H groups in total. The summed E-state index contributed by atoms with van der Waals surface area (Å²) in [5, 5.41) is 8.17. The fourth-order valence-corrected chi connectivity index (χ4v) is 4.72. The molecular weight excluding hydrogens is 390 g/mol. The van der Waals surface area contributed by atoms with Crippen molar-refractivity contribution in [1.82, 2.24) is 5.43 Å². The van der Waals surface area contributed by atoms with Gasteiger partial charge in [0.15, 0.2) is 10.9 Å². The van der Waals surface area contributed by atoms with Gasteiger partial charge >= 0.3 is 0 Å². The number of nitrogens with zero attached hydrogens (tertiary/aromatic N) is 1. The molecule has 0 bridgehead atoms. The first-order valence-corrected chi connectivity index (χ1v) is 10.5. The second-order valence-corrected chi connectivity index (χ2v) is 8.75. The molecule has 5 rings (SSSR count). The smallest absolute Gasteiger partial charge is 0.184 e. The highest BCUT2D eigenvalue weighted by Gasteiger charge is 2.44. The second kappa shape index (κ2) is 7.26. The van der Waals surface area contributed by atoms with E-state index in [1.807, 2.05) is 12.1 Å². The van der Waals surface area contributed by atoms with Crippen LogP contribution < -0.4 is 11.2 Å². The zero-order valence-electron chi connectivity index (χ0n) is 16.8. The van der Waals surface area contributed by atoms with E-state index in [0.717, 1.165) is 35.3 Å². The molecule has 0 aliphatic heterocycles. The topological polar surface area (TPSA) is 63.5 Å². The summed E-state index contributed by atoms with van der Waals surface area (Å²) in [6.07, 6.45) is 1.99. The van der Waals surface area contributed by atoms with Crippen LogP contribution in [0.15, 0.2) is 82.3 Å². The van der Waals surface area contributed by atoms with E-state index in [2.05, 4.69) is 78.1 Å². The molecule has 0 atom stereocenters. The Morgan fingerprint density at radius 2 is 1.77 bits per heavy atom. The third kappa shape index (κ3) is 3.25. The van der Waals surface area contributed by atoms with E-state index in [0.29, 0.717) is 0 Å². The highest BCUT2D eigenvalue weighted by molar-refractivity contribution is 7.80. The number of rotatable bonds is 4. The zero-order valence-corrected chi connectivity index (χ0v) is 17.6. The molecule has 3 aromatic carbocycles. The van der Waals surface area contributed by atoms with Gasteiger partial charge in [-0.3, -0.25) is 5.43 Å². The van der Waals surface area contributed by atoms with Crippen LogP contribution in [0.2, 0.25) is 0 Å². The van der Waals surface area contributed by atoms with Crippen molar-refractivity contribution in [3.63, 3.8) is 0 Å². The van der Waals surface area contributed by atoms with Gasteiger partial charge in [0.1, 0.15) is 11.3 Å². The van der Waals surface area contributed by atoms with Gasteiger partial charge in [0, 0.05) is 11.3 Å². The Balaban J connectivity index is 1.52. The van der Waals surface area contributed by atoms with Crippen molar-refractivity contribution < 1.29 is 4.42 Å². The van der Waals surface area contributed by atoms with E-state index in [9.17, 15) is 0 Å². The fourth-order valence-electron chi connectivity index (χ4n) is 4.68. The zero-order chi connectivity index (χ0) is 20.7. The second-order valence-electron chi connectivity index (χ2n) is 8.31. The maximum atomic E-state index is 6.25. The van der Waals surface area contributed by atoms with E-state index in [4.69, 9.17) is 22.4 Å². The minimum atomic E-state index is 0.134. The Kier molecular flexibility index (Phi) is 4.55. The van der Waals surface area contributed by atoms with Crippen molar-refractivity contribution in [2.45, 2.75) is 25.2 Å². The van der Waals surface area contributed by atoms with Crippen LogP contribution in [-0.2, 0) is 5.41 Å². The molecule has 1 saturated carbocycles. The molecule has 0 amide bonds. The molecule has 1 aliphatic carbocycles. The van der Waals surface area contributed by atoms with Crippen LogP contribution in [0, 0.1) is 5.92 Å². The van der Waals surface area contributed by atoms with E-state index in [1.165, 1.54) is 16.3 Å². The summed E-state index contributed by atoms with van der Waals surface area (Å²) in [5.74, 6) is 1.04. The SMILES string of the molecule is CC1(c2ccccc2)CC(C(=NNC(N)=S)c2cc3c(ccc4ccccc43)o2)C1. The quantitative estimate of drug-likeness (QED) is 0.264. The Morgan fingerprint density at radius 3 is 2.53 bits per heavy atom. The maximum absolute atomic E-state index is 6.25. The number of hydrazone groups is 1. The van der Waals surface area contributed by atoms with Crippen LogP contribution in [0.5, 0.6) is 0 Å². The molecule has 4 nitrogen and oxygen atoms in total. The Morgan fingerprint density at radius 1 is 1.03 bits per heavy atom. The van der Waals surface area contributed by atoms with E-state index >= 15 is 0 Å². The van der Waals surface area contributed by atoms with Gasteiger partial charge in [0.05, 0.1) is 0 Å². The third-order valence-corrected chi connectivity index (χ3v) is 6.31. The number of hydrogen-bond donors (Lipinski definition) is 2.